The average molecular weight is 401 g/mol. The molecule has 0 unspecified atom stereocenters. The molecule has 2 aliphatic rings. The topological polar surface area (TPSA) is 62.8 Å². The summed E-state index contributed by atoms with van der Waals surface area (Å²) in [6.45, 7) is 3.04. The number of amides is 2. The van der Waals surface area contributed by atoms with Crippen molar-refractivity contribution in [3.05, 3.63) is 23.8 Å². The number of carbonyl (C=O) groups is 1. The predicted molar refractivity (Wildman–Crippen MR) is 98.2 cm³/mol. The number of benzene rings is 1. The van der Waals surface area contributed by atoms with Crippen molar-refractivity contribution in [2.24, 2.45) is 0 Å². The van der Waals surface area contributed by atoms with E-state index in [1.54, 1.807) is 6.07 Å². The van der Waals surface area contributed by atoms with Gasteiger partial charge in [0.05, 0.1) is 13.2 Å². The van der Waals surface area contributed by atoms with E-state index < -0.39 is 12.4 Å². The highest BCUT2D eigenvalue weighted by Crippen LogP contribution is 2.28. The summed E-state index contributed by atoms with van der Waals surface area (Å²) >= 11 is 0. The molecule has 1 aromatic carbocycles. The lowest BCUT2D eigenvalue weighted by Crippen LogP contribution is -2.39. The van der Waals surface area contributed by atoms with Gasteiger partial charge < -0.3 is 20.1 Å². The average Bonchev–Trinajstić information content (AvgIpc) is 2.61. The van der Waals surface area contributed by atoms with Crippen LogP contribution in [0.2, 0.25) is 0 Å². The van der Waals surface area contributed by atoms with Gasteiger partial charge in [0, 0.05) is 37.4 Å². The predicted octanol–water partition coefficient (Wildman–Crippen LogP) is 3.87. The number of urea groups is 1. The largest absolute Gasteiger partial charge is 0.573 e. The van der Waals surface area contributed by atoms with Crippen LogP contribution in [0.3, 0.4) is 0 Å². The van der Waals surface area contributed by atoms with E-state index in [4.69, 9.17) is 4.74 Å². The molecule has 156 valence electrons. The minimum absolute atomic E-state index is 0.108. The Labute approximate surface area is 162 Å². The van der Waals surface area contributed by atoms with E-state index in [1.807, 2.05) is 0 Å². The van der Waals surface area contributed by atoms with Crippen molar-refractivity contribution in [3.8, 4) is 5.75 Å². The molecule has 0 aromatic heterocycles. The van der Waals surface area contributed by atoms with Crippen LogP contribution in [-0.4, -0.2) is 49.6 Å². The second-order valence-corrected chi connectivity index (χ2v) is 7.24. The summed E-state index contributed by atoms with van der Waals surface area (Å²) in [5.41, 5.74) is 0.912. The highest BCUT2D eigenvalue weighted by Gasteiger charge is 2.31. The van der Waals surface area contributed by atoms with Crippen LogP contribution in [-0.2, 0) is 11.3 Å². The van der Waals surface area contributed by atoms with Crippen LogP contribution in [0.5, 0.6) is 5.75 Å². The highest BCUT2D eigenvalue weighted by molar-refractivity contribution is 5.89. The molecule has 1 heterocycles. The van der Waals surface area contributed by atoms with Crippen molar-refractivity contribution in [2.45, 2.75) is 51.1 Å². The van der Waals surface area contributed by atoms with Crippen LogP contribution in [0, 0.1) is 0 Å². The quantitative estimate of drug-likeness (QED) is 0.786. The Morgan fingerprint density at radius 3 is 2.54 bits per heavy atom. The van der Waals surface area contributed by atoms with E-state index in [0.717, 1.165) is 25.7 Å². The minimum atomic E-state index is -4.79. The summed E-state index contributed by atoms with van der Waals surface area (Å²) < 4.78 is 47.4. The van der Waals surface area contributed by atoms with Crippen molar-refractivity contribution in [2.75, 3.05) is 31.6 Å². The first-order valence-corrected chi connectivity index (χ1v) is 9.65. The summed E-state index contributed by atoms with van der Waals surface area (Å²) in [5.74, 6) is -0.341. The van der Waals surface area contributed by atoms with Crippen molar-refractivity contribution in [1.82, 2.24) is 10.2 Å². The molecule has 0 spiro atoms. The lowest BCUT2D eigenvalue weighted by molar-refractivity contribution is -0.274. The van der Waals surface area contributed by atoms with E-state index >= 15 is 0 Å². The molecule has 6 nitrogen and oxygen atoms in total. The van der Waals surface area contributed by atoms with Crippen molar-refractivity contribution in [3.63, 3.8) is 0 Å². The second kappa shape index (κ2) is 9.47. The number of halogens is 3. The molecule has 9 heteroatoms. The summed E-state index contributed by atoms with van der Waals surface area (Å²) in [6, 6.07) is 3.92. The van der Waals surface area contributed by atoms with Gasteiger partial charge in [0.15, 0.2) is 0 Å². The van der Waals surface area contributed by atoms with E-state index in [2.05, 4.69) is 20.3 Å². The fourth-order valence-electron chi connectivity index (χ4n) is 3.63. The van der Waals surface area contributed by atoms with Crippen LogP contribution in [0.25, 0.3) is 0 Å². The molecule has 0 atom stereocenters. The Kier molecular flexibility index (Phi) is 7.01. The molecule has 28 heavy (non-hydrogen) atoms. The van der Waals surface area contributed by atoms with Crippen LogP contribution in [0.1, 0.15) is 37.7 Å². The third-order valence-electron chi connectivity index (χ3n) is 4.91. The van der Waals surface area contributed by atoms with E-state index in [9.17, 15) is 18.0 Å². The monoisotopic (exact) mass is 401 g/mol. The number of hydrogen-bond donors (Lipinski definition) is 2. The zero-order chi connectivity index (χ0) is 20.0. The molecule has 1 saturated heterocycles. The van der Waals surface area contributed by atoms with Gasteiger partial charge in [-0.15, -0.1) is 13.2 Å². The van der Waals surface area contributed by atoms with Gasteiger partial charge in [-0.1, -0.05) is 19.3 Å². The number of carbonyl (C=O) groups excluding carboxylic acids is 1. The Balaban J connectivity index is 1.69. The number of nitrogens with one attached hydrogen (secondary N) is 2. The van der Waals surface area contributed by atoms with E-state index in [1.165, 1.54) is 18.6 Å². The molecular formula is C19H26F3N3O3. The summed E-state index contributed by atoms with van der Waals surface area (Å²) in [4.78, 5) is 14.4. The van der Waals surface area contributed by atoms with Gasteiger partial charge in [0.25, 0.3) is 0 Å². The molecule has 1 aromatic rings. The molecule has 3 rings (SSSR count). The Morgan fingerprint density at radius 2 is 1.86 bits per heavy atom. The third kappa shape index (κ3) is 6.87. The van der Waals surface area contributed by atoms with Crippen molar-refractivity contribution < 1.29 is 27.4 Å². The SMILES string of the molecule is O=C(Nc1cc(CN2CCOCC2)cc(OC(F)(F)F)c1)NC1CCCCC1. The number of alkyl halides is 3. The van der Waals surface area contributed by atoms with Gasteiger partial charge >= 0.3 is 12.4 Å². The van der Waals surface area contributed by atoms with Gasteiger partial charge in [-0.3, -0.25) is 4.90 Å². The second-order valence-electron chi connectivity index (χ2n) is 7.24. The Bertz CT molecular complexity index is 658. The highest BCUT2D eigenvalue weighted by atomic mass is 19.4. The zero-order valence-corrected chi connectivity index (χ0v) is 15.7. The maximum absolute atomic E-state index is 12.7. The van der Waals surface area contributed by atoms with Crippen LogP contribution in [0.4, 0.5) is 23.7 Å². The van der Waals surface area contributed by atoms with Crippen molar-refractivity contribution >= 4 is 11.7 Å². The number of hydrogen-bond acceptors (Lipinski definition) is 4. The molecule has 0 bridgehead atoms. The smallest absolute Gasteiger partial charge is 0.406 e. The summed E-state index contributed by atoms with van der Waals surface area (Å²) in [7, 11) is 0. The van der Waals surface area contributed by atoms with E-state index in [-0.39, 0.29) is 17.5 Å². The van der Waals surface area contributed by atoms with Gasteiger partial charge in [0.2, 0.25) is 0 Å². The van der Waals surface area contributed by atoms with Crippen LogP contribution < -0.4 is 15.4 Å². The number of anilines is 1. The zero-order valence-electron chi connectivity index (χ0n) is 15.7. The van der Waals surface area contributed by atoms with Crippen LogP contribution in [0.15, 0.2) is 18.2 Å². The normalized spacial score (nSPS) is 19.2. The Morgan fingerprint density at radius 1 is 1.14 bits per heavy atom. The van der Waals surface area contributed by atoms with Crippen molar-refractivity contribution in [1.29, 1.82) is 0 Å². The first-order valence-electron chi connectivity index (χ1n) is 9.65. The number of morpholine rings is 1. The van der Waals surface area contributed by atoms with Gasteiger partial charge in [-0.05, 0) is 30.5 Å². The molecule has 1 aliphatic heterocycles. The molecule has 1 saturated carbocycles. The standard InChI is InChI=1S/C19H26F3N3O3/c20-19(21,22)28-17-11-14(13-25-6-8-27-9-7-25)10-16(12-17)24-18(26)23-15-4-2-1-3-5-15/h10-12,15H,1-9,13H2,(H2,23,24,26). The fourth-order valence-corrected chi connectivity index (χ4v) is 3.63. The van der Waals surface area contributed by atoms with Gasteiger partial charge in [0.1, 0.15) is 5.75 Å². The summed E-state index contributed by atoms with van der Waals surface area (Å²) in [6.07, 6.45) is 0.369. The van der Waals surface area contributed by atoms with Gasteiger partial charge in [-0.2, -0.15) is 0 Å². The Hall–Kier alpha value is -2.00. The van der Waals surface area contributed by atoms with Gasteiger partial charge in [-0.25, -0.2) is 4.79 Å². The molecule has 2 fully saturated rings. The fraction of sp³-hybridized carbons (Fsp3) is 0.632. The maximum atomic E-state index is 12.7. The lowest BCUT2D eigenvalue weighted by atomic mass is 9.96. The molecular weight excluding hydrogens is 375 g/mol. The number of ether oxygens (including phenoxy) is 2. The molecule has 0 radical (unpaired) electrons. The number of nitrogens with zero attached hydrogens (tertiary/aromatic N) is 1. The van der Waals surface area contributed by atoms with E-state index in [0.29, 0.717) is 38.4 Å². The first-order chi connectivity index (χ1) is 13.4. The molecule has 2 amide bonds. The number of rotatable bonds is 5. The molecule has 1 aliphatic carbocycles. The minimum Gasteiger partial charge on any atom is -0.406 e. The maximum Gasteiger partial charge on any atom is 0.573 e. The molecule has 2 N–H and O–H groups in total. The third-order valence-corrected chi connectivity index (χ3v) is 4.91. The summed E-state index contributed by atoms with van der Waals surface area (Å²) in [5, 5.41) is 5.55. The lowest BCUT2D eigenvalue weighted by Gasteiger charge is -2.27. The van der Waals surface area contributed by atoms with Crippen LogP contribution >= 0.6 is 0 Å². The first kappa shape index (κ1) is 20.7.